The summed E-state index contributed by atoms with van der Waals surface area (Å²) < 4.78 is 5.16. The van der Waals surface area contributed by atoms with E-state index in [9.17, 15) is 4.79 Å². The molecule has 0 bridgehead atoms. The Morgan fingerprint density at radius 1 is 1.26 bits per heavy atom. The van der Waals surface area contributed by atoms with Crippen molar-refractivity contribution >= 4 is 6.03 Å². The number of hydrogen-bond donors (Lipinski definition) is 1. The van der Waals surface area contributed by atoms with E-state index in [1.807, 2.05) is 11.0 Å². The van der Waals surface area contributed by atoms with Gasteiger partial charge >= 0.3 is 6.03 Å². The number of carbonyl (C=O) groups is 1. The number of nitrogens with zero attached hydrogens (tertiary/aromatic N) is 2. The Kier molecular flexibility index (Phi) is 4.68. The highest BCUT2D eigenvalue weighted by Gasteiger charge is 2.49. The lowest BCUT2D eigenvalue weighted by Gasteiger charge is -2.44. The predicted octanol–water partition coefficient (Wildman–Crippen LogP) is 2.21. The number of urea groups is 1. The van der Waals surface area contributed by atoms with Gasteiger partial charge in [0.25, 0.3) is 0 Å². The van der Waals surface area contributed by atoms with Gasteiger partial charge in [0.2, 0.25) is 0 Å². The Labute approximate surface area is 137 Å². The summed E-state index contributed by atoms with van der Waals surface area (Å²) in [7, 11) is 1.66. The molecule has 1 aromatic rings. The fraction of sp³-hybridized carbons (Fsp3) is 0.500. The van der Waals surface area contributed by atoms with Crippen LogP contribution in [0, 0.1) is 0 Å². The Bertz CT molecular complexity index is 565. The molecular formula is C18H25N3O2. The number of methoxy groups -OCH3 is 1. The fourth-order valence-corrected chi connectivity index (χ4v) is 3.66. The average molecular weight is 315 g/mol. The minimum absolute atomic E-state index is 0.0384. The quantitative estimate of drug-likeness (QED) is 0.906. The molecular weight excluding hydrogens is 290 g/mol. The normalized spacial score (nSPS) is 21.0. The first-order valence-corrected chi connectivity index (χ1v) is 8.19. The standard InChI is InChI=1S/C18H25N3O2/c1-15-18(21(12-13-23-2)17(22)19-15)8-10-20(11-9-18)14-16-6-4-3-5-7-16/h3-7H,1,8-14H2,2H3,(H,19,22). The molecule has 0 unspecified atom stereocenters. The molecule has 2 heterocycles. The van der Waals surface area contributed by atoms with Crippen molar-refractivity contribution in [3.05, 3.63) is 48.2 Å². The minimum atomic E-state index is -0.247. The lowest BCUT2D eigenvalue weighted by atomic mass is 9.84. The van der Waals surface area contributed by atoms with Gasteiger partial charge in [-0.15, -0.1) is 0 Å². The third-order valence-corrected chi connectivity index (χ3v) is 5.03. The van der Waals surface area contributed by atoms with Crippen molar-refractivity contribution < 1.29 is 9.53 Å². The summed E-state index contributed by atoms with van der Waals surface area (Å²) >= 11 is 0. The summed E-state index contributed by atoms with van der Waals surface area (Å²) in [6.07, 6.45) is 1.84. The molecule has 3 rings (SSSR count). The van der Waals surface area contributed by atoms with Crippen LogP contribution in [-0.4, -0.2) is 54.7 Å². The van der Waals surface area contributed by atoms with Gasteiger partial charge in [0.15, 0.2) is 0 Å². The van der Waals surface area contributed by atoms with Crippen molar-refractivity contribution in [3.63, 3.8) is 0 Å². The van der Waals surface area contributed by atoms with E-state index < -0.39 is 0 Å². The molecule has 2 aliphatic heterocycles. The molecule has 5 heteroatoms. The van der Waals surface area contributed by atoms with Gasteiger partial charge in [-0.2, -0.15) is 0 Å². The number of piperidine rings is 1. The molecule has 2 saturated heterocycles. The second-order valence-electron chi connectivity index (χ2n) is 6.35. The van der Waals surface area contributed by atoms with Crippen LogP contribution in [0.15, 0.2) is 42.6 Å². The highest BCUT2D eigenvalue weighted by molar-refractivity contribution is 5.82. The van der Waals surface area contributed by atoms with Crippen LogP contribution in [0.25, 0.3) is 0 Å². The SMILES string of the molecule is C=C1NC(=O)N(CCOC)C12CCN(Cc1ccccc1)CC2. The number of amides is 2. The van der Waals surface area contributed by atoms with Crippen molar-refractivity contribution in [2.24, 2.45) is 0 Å². The van der Waals surface area contributed by atoms with Crippen LogP contribution in [-0.2, 0) is 11.3 Å². The number of nitrogens with one attached hydrogen (secondary N) is 1. The van der Waals surface area contributed by atoms with Crippen LogP contribution < -0.4 is 5.32 Å². The van der Waals surface area contributed by atoms with Gasteiger partial charge in [-0.05, 0) is 18.4 Å². The smallest absolute Gasteiger partial charge is 0.322 e. The molecule has 23 heavy (non-hydrogen) atoms. The number of hydrogen-bond acceptors (Lipinski definition) is 3. The summed E-state index contributed by atoms with van der Waals surface area (Å²) in [5, 5.41) is 2.92. The summed E-state index contributed by atoms with van der Waals surface area (Å²) in [6, 6.07) is 10.5. The summed E-state index contributed by atoms with van der Waals surface area (Å²) in [4.78, 5) is 16.6. The molecule has 0 atom stereocenters. The summed E-state index contributed by atoms with van der Waals surface area (Å²) in [6.45, 7) is 8.17. The maximum Gasteiger partial charge on any atom is 0.322 e. The lowest BCUT2D eigenvalue weighted by Crippen LogP contribution is -2.54. The van der Waals surface area contributed by atoms with E-state index in [1.54, 1.807) is 7.11 Å². The molecule has 0 aromatic heterocycles. The van der Waals surface area contributed by atoms with Crippen molar-refractivity contribution in [1.29, 1.82) is 0 Å². The fourth-order valence-electron chi connectivity index (χ4n) is 3.66. The van der Waals surface area contributed by atoms with Gasteiger partial charge in [-0.3, -0.25) is 4.90 Å². The van der Waals surface area contributed by atoms with Crippen molar-refractivity contribution in [1.82, 2.24) is 15.1 Å². The van der Waals surface area contributed by atoms with Crippen LogP contribution in [0.4, 0.5) is 4.79 Å². The number of benzene rings is 1. The number of rotatable bonds is 5. The topological polar surface area (TPSA) is 44.8 Å². The van der Waals surface area contributed by atoms with E-state index >= 15 is 0 Å². The second kappa shape index (κ2) is 6.72. The first-order chi connectivity index (χ1) is 11.2. The molecule has 1 N–H and O–H groups in total. The Morgan fingerprint density at radius 2 is 1.96 bits per heavy atom. The molecule has 0 aliphatic carbocycles. The van der Waals surface area contributed by atoms with Gasteiger partial charge in [0, 0.05) is 39.0 Å². The van der Waals surface area contributed by atoms with Gasteiger partial charge in [0.05, 0.1) is 12.1 Å². The molecule has 2 amide bonds. The zero-order valence-corrected chi connectivity index (χ0v) is 13.8. The predicted molar refractivity (Wildman–Crippen MR) is 89.9 cm³/mol. The second-order valence-corrected chi connectivity index (χ2v) is 6.35. The third kappa shape index (κ3) is 3.12. The van der Waals surface area contributed by atoms with Crippen molar-refractivity contribution in [3.8, 4) is 0 Å². The van der Waals surface area contributed by atoms with Crippen LogP contribution in [0.5, 0.6) is 0 Å². The first-order valence-electron chi connectivity index (χ1n) is 8.19. The number of likely N-dealkylation sites (tertiary alicyclic amines) is 1. The maximum absolute atomic E-state index is 12.2. The van der Waals surface area contributed by atoms with E-state index in [2.05, 4.69) is 41.1 Å². The van der Waals surface area contributed by atoms with Crippen LogP contribution in [0.3, 0.4) is 0 Å². The Hall–Kier alpha value is -1.85. The van der Waals surface area contributed by atoms with E-state index in [0.29, 0.717) is 13.2 Å². The zero-order valence-electron chi connectivity index (χ0n) is 13.8. The lowest BCUT2D eigenvalue weighted by molar-refractivity contribution is 0.0674. The van der Waals surface area contributed by atoms with Gasteiger partial charge in [-0.25, -0.2) is 4.79 Å². The van der Waals surface area contributed by atoms with Gasteiger partial charge in [0.1, 0.15) is 0 Å². The van der Waals surface area contributed by atoms with Gasteiger partial charge < -0.3 is 15.0 Å². The van der Waals surface area contributed by atoms with Crippen LogP contribution in [0.2, 0.25) is 0 Å². The number of carbonyl (C=O) groups excluding carboxylic acids is 1. The molecule has 5 nitrogen and oxygen atoms in total. The highest BCUT2D eigenvalue weighted by Crippen LogP contribution is 2.38. The van der Waals surface area contributed by atoms with E-state index in [-0.39, 0.29) is 11.6 Å². The van der Waals surface area contributed by atoms with Crippen LogP contribution in [0.1, 0.15) is 18.4 Å². The molecule has 0 saturated carbocycles. The Morgan fingerprint density at radius 3 is 2.61 bits per heavy atom. The molecule has 1 spiro atoms. The van der Waals surface area contributed by atoms with E-state index in [4.69, 9.17) is 4.74 Å². The summed E-state index contributed by atoms with van der Waals surface area (Å²) in [5.74, 6) is 0. The van der Waals surface area contributed by atoms with E-state index in [0.717, 1.165) is 38.2 Å². The maximum atomic E-state index is 12.2. The zero-order chi connectivity index (χ0) is 16.3. The molecule has 2 aliphatic rings. The Balaban J connectivity index is 1.65. The molecule has 124 valence electrons. The number of ether oxygens (including phenoxy) is 1. The third-order valence-electron chi connectivity index (χ3n) is 5.03. The average Bonchev–Trinajstić information content (AvgIpc) is 2.79. The minimum Gasteiger partial charge on any atom is -0.383 e. The highest BCUT2D eigenvalue weighted by atomic mass is 16.5. The molecule has 0 radical (unpaired) electrons. The first kappa shape index (κ1) is 16.0. The summed E-state index contributed by atoms with van der Waals surface area (Å²) in [5.41, 5.74) is 1.93. The van der Waals surface area contributed by atoms with Crippen molar-refractivity contribution in [2.75, 3.05) is 33.4 Å². The van der Waals surface area contributed by atoms with Crippen LogP contribution >= 0.6 is 0 Å². The molecule has 1 aromatic carbocycles. The largest absolute Gasteiger partial charge is 0.383 e. The van der Waals surface area contributed by atoms with Crippen molar-refractivity contribution in [2.45, 2.75) is 24.9 Å². The molecule has 2 fully saturated rings. The van der Waals surface area contributed by atoms with E-state index in [1.165, 1.54) is 5.56 Å². The van der Waals surface area contributed by atoms with Gasteiger partial charge in [-0.1, -0.05) is 36.9 Å². The monoisotopic (exact) mass is 315 g/mol.